The van der Waals surface area contributed by atoms with Gasteiger partial charge >= 0.3 is 5.97 Å². The van der Waals surface area contributed by atoms with Crippen LogP contribution < -0.4 is 19.9 Å². The topological polar surface area (TPSA) is 112 Å². The van der Waals surface area contributed by atoms with Crippen molar-refractivity contribution in [3.05, 3.63) is 80.4 Å². The summed E-state index contributed by atoms with van der Waals surface area (Å²) in [4.78, 5) is 33.3. The molecule has 2 aromatic heterocycles. The zero-order valence-electron chi connectivity index (χ0n) is 23.9. The third-order valence-electron chi connectivity index (χ3n) is 8.99. The maximum atomic E-state index is 15.2. The Labute approximate surface area is 250 Å². The van der Waals surface area contributed by atoms with Crippen LogP contribution >= 0.6 is 0 Å². The fourth-order valence-electron chi connectivity index (χ4n) is 6.56. The number of anilines is 1. The van der Waals surface area contributed by atoms with E-state index in [9.17, 15) is 14.7 Å². The summed E-state index contributed by atoms with van der Waals surface area (Å²) in [5, 5.41) is 12.0. The second-order valence-electron chi connectivity index (χ2n) is 11.3. The first kappa shape index (κ1) is 26.9. The van der Waals surface area contributed by atoms with Crippen molar-refractivity contribution in [1.29, 1.82) is 0 Å². The Hall–Kier alpha value is -4.74. The minimum absolute atomic E-state index is 0.0537. The van der Waals surface area contributed by atoms with Crippen molar-refractivity contribution in [3.8, 4) is 22.9 Å². The van der Waals surface area contributed by atoms with Gasteiger partial charge in [0.15, 0.2) is 17.1 Å². The molecule has 44 heavy (non-hydrogen) atoms. The summed E-state index contributed by atoms with van der Waals surface area (Å²) >= 11 is 0. The van der Waals surface area contributed by atoms with Gasteiger partial charge in [0.1, 0.15) is 12.4 Å². The van der Waals surface area contributed by atoms with E-state index in [1.807, 2.05) is 29.2 Å². The van der Waals surface area contributed by atoms with Crippen LogP contribution in [-0.2, 0) is 33.0 Å². The Morgan fingerprint density at radius 2 is 1.82 bits per heavy atom. The van der Waals surface area contributed by atoms with Crippen LogP contribution in [0.2, 0.25) is 0 Å². The summed E-state index contributed by atoms with van der Waals surface area (Å²) in [5.74, 6) is 0.0582. The average Bonchev–Trinajstić information content (AvgIpc) is 3.65. The predicted molar refractivity (Wildman–Crippen MR) is 159 cm³/mol. The smallest absolute Gasteiger partial charge is 0.343 e. The molecule has 1 atom stereocenters. The van der Waals surface area contributed by atoms with Gasteiger partial charge in [-0.25, -0.2) is 14.2 Å². The maximum Gasteiger partial charge on any atom is 0.343 e. The standard InChI is InChI=1S/C33H28FN3O7/c1-2-33(40)23-13-27-30-21(15-37(27)31(38)22(23)16-42-32(33)39)19(20-12-28-29(44-17-43-28)14-25(20)35-30)5-3-18-4-6-26(24(34)11-18)36-7-9-41-10-8-36/h3-6,11-14,40H,2,7-10,15-17H2,1H3/b5-3+/t33-/m0/s1. The molecule has 8 rings (SSSR count). The number of carbonyl (C=O) groups excluding carboxylic acids is 1. The van der Waals surface area contributed by atoms with Gasteiger partial charge in [0.05, 0.1) is 47.9 Å². The van der Waals surface area contributed by atoms with Crippen LogP contribution in [-0.4, -0.2) is 53.7 Å². The van der Waals surface area contributed by atoms with Crippen LogP contribution in [0.15, 0.2) is 41.2 Å². The molecule has 2 aromatic carbocycles. The fourth-order valence-corrected chi connectivity index (χ4v) is 6.56. The number of aliphatic hydroxyl groups is 1. The summed E-state index contributed by atoms with van der Waals surface area (Å²) in [7, 11) is 0. The first-order chi connectivity index (χ1) is 21.4. The molecular formula is C33H28FN3O7. The Kier molecular flexibility index (Phi) is 6.04. The summed E-state index contributed by atoms with van der Waals surface area (Å²) in [5.41, 5.74) is 2.70. The first-order valence-electron chi connectivity index (χ1n) is 14.6. The van der Waals surface area contributed by atoms with E-state index in [0.29, 0.717) is 66.0 Å². The molecule has 224 valence electrons. The molecule has 10 nitrogen and oxygen atoms in total. The summed E-state index contributed by atoms with van der Waals surface area (Å²) in [6.45, 7) is 4.18. The van der Waals surface area contributed by atoms with Gasteiger partial charge in [0.2, 0.25) is 6.79 Å². The molecule has 0 spiro atoms. The van der Waals surface area contributed by atoms with Crippen molar-refractivity contribution >= 4 is 34.7 Å². The molecule has 1 fully saturated rings. The number of hydrogen-bond acceptors (Lipinski definition) is 9. The van der Waals surface area contributed by atoms with E-state index in [4.69, 9.17) is 23.9 Å². The van der Waals surface area contributed by atoms with Gasteiger partial charge in [-0.1, -0.05) is 25.1 Å². The van der Waals surface area contributed by atoms with Gasteiger partial charge in [-0.2, -0.15) is 0 Å². The maximum absolute atomic E-state index is 15.2. The number of fused-ring (bicyclic) bond motifs is 6. The number of benzene rings is 2. The van der Waals surface area contributed by atoms with Gasteiger partial charge in [-0.05, 0) is 41.8 Å². The Bertz CT molecular complexity index is 1980. The number of rotatable bonds is 4. The third-order valence-corrected chi connectivity index (χ3v) is 8.99. The molecule has 0 aliphatic carbocycles. The van der Waals surface area contributed by atoms with Crippen LogP contribution in [0.25, 0.3) is 34.4 Å². The van der Waals surface area contributed by atoms with Crippen LogP contribution in [0, 0.1) is 5.82 Å². The zero-order chi connectivity index (χ0) is 30.2. The van der Waals surface area contributed by atoms with Crippen molar-refractivity contribution in [2.75, 3.05) is 38.0 Å². The van der Waals surface area contributed by atoms with E-state index in [-0.39, 0.29) is 48.9 Å². The van der Waals surface area contributed by atoms with Crippen molar-refractivity contribution in [2.45, 2.75) is 32.1 Å². The highest BCUT2D eigenvalue weighted by atomic mass is 19.1. The number of hydrogen-bond donors (Lipinski definition) is 1. The molecule has 4 aromatic rings. The number of halogens is 1. The number of nitrogens with zero attached hydrogens (tertiary/aromatic N) is 3. The highest BCUT2D eigenvalue weighted by Crippen LogP contribution is 2.43. The SMILES string of the molecule is CC[C@@]1(O)C(=O)OCc2c1cc1n(c2=O)Cc2c-1nc1cc3c(cc1c2/C=C/c1ccc(N2CCOCC2)c(F)c1)OCO3. The molecule has 0 amide bonds. The average molecular weight is 598 g/mol. The van der Waals surface area contributed by atoms with Crippen LogP contribution in [0.5, 0.6) is 11.5 Å². The predicted octanol–water partition coefficient (Wildman–Crippen LogP) is 3.95. The zero-order valence-corrected chi connectivity index (χ0v) is 23.9. The molecule has 0 radical (unpaired) electrons. The molecule has 1 N–H and O–H groups in total. The highest BCUT2D eigenvalue weighted by molar-refractivity contribution is 5.97. The number of carbonyl (C=O) groups is 1. The molecule has 0 saturated carbocycles. The lowest BCUT2D eigenvalue weighted by Crippen LogP contribution is -2.44. The number of ether oxygens (including phenoxy) is 4. The lowest BCUT2D eigenvalue weighted by molar-refractivity contribution is -0.172. The lowest BCUT2D eigenvalue weighted by Gasteiger charge is -2.31. The quantitative estimate of drug-likeness (QED) is 0.308. The summed E-state index contributed by atoms with van der Waals surface area (Å²) < 4.78 is 38.7. The number of pyridine rings is 2. The van der Waals surface area contributed by atoms with Crippen LogP contribution in [0.3, 0.4) is 0 Å². The van der Waals surface area contributed by atoms with E-state index in [1.54, 1.807) is 29.7 Å². The Morgan fingerprint density at radius 1 is 1.02 bits per heavy atom. The van der Waals surface area contributed by atoms with Gasteiger partial charge in [-0.15, -0.1) is 0 Å². The van der Waals surface area contributed by atoms with Gasteiger partial charge in [-0.3, -0.25) is 4.79 Å². The van der Waals surface area contributed by atoms with Crippen molar-refractivity contribution < 1.29 is 33.2 Å². The Balaban J connectivity index is 1.28. The number of cyclic esters (lactones) is 1. The molecule has 4 aliphatic rings. The molecule has 1 saturated heterocycles. The Morgan fingerprint density at radius 3 is 2.59 bits per heavy atom. The number of esters is 1. The van der Waals surface area contributed by atoms with Gasteiger partial charge in [0, 0.05) is 35.7 Å². The van der Waals surface area contributed by atoms with Crippen LogP contribution in [0.1, 0.15) is 41.2 Å². The van der Waals surface area contributed by atoms with Gasteiger partial charge < -0.3 is 33.5 Å². The second kappa shape index (κ2) is 9.90. The van der Waals surface area contributed by atoms with E-state index in [1.165, 1.54) is 6.07 Å². The van der Waals surface area contributed by atoms with Crippen molar-refractivity contribution in [3.63, 3.8) is 0 Å². The normalized spacial score (nSPS) is 20.2. The molecule has 11 heteroatoms. The second-order valence-corrected chi connectivity index (χ2v) is 11.3. The fraction of sp³-hybridized carbons (Fsp3) is 0.303. The minimum atomic E-state index is -1.92. The lowest BCUT2D eigenvalue weighted by atomic mass is 9.86. The van der Waals surface area contributed by atoms with E-state index in [0.717, 1.165) is 16.5 Å². The molecule has 0 unspecified atom stereocenters. The molecule has 0 bridgehead atoms. The molecular weight excluding hydrogens is 569 g/mol. The monoisotopic (exact) mass is 597 g/mol. The number of aromatic nitrogens is 2. The van der Waals surface area contributed by atoms with Crippen molar-refractivity contribution in [2.24, 2.45) is 0 Å². The summed E-state index contributed by atoms with van der Waals surface area (Å²) in [6.07, 6.45) is 3.79. The first-order valence-corrected chi connectivity index (χ1v) is 14.6. The van der Waals surface area contributed by atoms with Crippen LogP contribution in [0.4, 0.5) is 10.1 Å². The third kappa shape index (κ3) is 3.96. The highest BCUT2D eigenvalue weighted by Gasteiger charge is 2.45. The van der Waals surface area contributed by atoms with E-state index in [2.05, 4.69) is 0 Å². The van der Waals surface area contributed by atoms with Crippen molar-refractivity contribution in [1.82, 2.24) is 9.55 Å². The van der Waals surface area contributed by atoms with Gasteiger partial charge in [0.25, 0.3) is 5.56 Å². The largest absolute Gasteiger partial charge is 0.458 e. The molecule has 6 heterocycles. The summed E-state index contributed by atoms with van der Waals surface area (Å²) in [6, 6.07) is 10.5. The van der Waals surface area contributed by atoms with E-state index >= 15 is 4.39 Å². The van der Waals surface area contributed by atoms with E-state index < -0.39 is 11.6 Å². The minimum Gasteiger partial charge on any atom is -0.458 e. The molecule has 4 aliphatic heterocycles. The number of morpholine rings is 1.